The number of H-pyrrole nitrogens is 1. The molecule has 1 aromatic heterocycles. The third-order valence-electron chi connectivity index (χ3n) is 2.82. The molecule has 2 aromatic rings. The van der Waals surface area contributed by atoms with Crippen molar-refractivity contribution in [1.82, 2.24) is 14.7 Å². The molecule has 0 aliphatic rings. The summed E-state index contributed by atoms with van der Waals surface area (Å²) in [7, 11) is -3.67. The summed E-state index contributed by atoms with van der Waals surface area (Å²) in [5.41, 5.74) is 1.09. The Morgan fingerprint density at radius 3 is 2.86 bits per heavy atom. The summed E-state index contributed by atoms with van der Waals surface area (Å²) in [6, 6.07) is 4.39. The highest BCUT2D eigenvalue weighted by atomic mass is 32.2. The maximum absolute atomic E-state index is 12.2. The van der Waals surface area contributed by atoms with E-state index in [4.69, 9.17) is 4.74 Å². The summed E-state index contributed by atoms with van der Waals surface area (Å²) in [6.45, 7) is 2.08. The molecule has 1 aromatic carbocycles. The van der Waals surface area contributed by atoms with Crippen LogP contribution in [0, 0.1) is 0 Å². The number of nitrogens with zero attached hydrogens (tertiary/aromatic N) is 1. The summed E-state index contributed by atoms with van der Waals surface area (Å²) in [5, 5.41) is 9.31. The van der Waals surface area contributed by atoms with E-state index in [0.29, 0.717) is 23.6 Å². The standard InChI is InChI=1S/C13H17N3O4S/c1-2-20-13-4-3-12(5-10(13)8-17)21(18,19)16-7-11-6-14-9-15-11/h3-6,9,16-17H,2,7-8H2,1H3,(H,14,15). The number of hydrogen-bond donors (Lipinski definition) is 3. The second kappa shape index (κ2) is 6.70. The molecule has 8 heteroatoms. The van der Waals surface area contributed by atoms with E-state index < -0.39 is 10.0 Å². The molecule has 1 heterocycles. The van der Waals surface area contributed by atoms with Crippen LogP contribution in [0.4, 0.5) is 0 Å². The van der Waals surface area contributed by atoms with E-state index in [1.807, 2.05) is 6.92 Å². The van der Waals surface area contributed by atoms with Crippen LogP contribution in [-0.2, 0) is 23.2 Å². The van der Waals surface area contributed by atoms with Crippen molar-refractivity contribution in [2.75, 3.05) is 6.61 Å². The van der Waals surface area contributed by atoms with Gasteiger partial charge in [0.25, 0.3) is 0 Å². The molecule has 0 aliphatic heterocycles. The van der Waals surface area contributed by atoms with Gasteiger partial charge in [-0.3, -0.25) is 0 Å². The minimum absolute atomic E-state index is 0.0783. The van der Waals surface area contributed by atoms with E-state index >= 15 is 0 Å². The van der Waals surface area contributed by atoms with Crippen molar-refractivity contribution in [2.45, 2.75) is 25.0 Å². The van der Waals surface area contributed by atoms with Crippen LogP contribution in [0.15, 0.2) is 35.6 Å². The molecule has 0 aliphatic carbocycles. The molecule has 0 amide bonds. The van der Waals surface area contributed by atoms with Crippen molar-refractivity contribution in [2.24, 2.45) is 0 Å². The Kier molecular flexibility index (Phi) is 4.94. The topological polar surface area (TPSA) is 104 Å². The largest absolute Gasteiger partial charge is 0.494 e. The van der Waals surface area contributed by atoms with Gasteiger partial charge in [-0.25, -0.2) is 18.1 Å². The molecule has 0 radical (unpaired) electrons. The number of sulfonamides is 1. The Morgan fingerprint density at radius 1 is 1.43 bits per heavy atom. The van der Waals surface area contributed by atoms with Crippen molar-refractivity contribution < 1.29 is 18.3 Å². The number of rotatable bonds is 7. The normalized spacial score (nSPS) is 11.5. The summed E-state index contributed by atoms with van der Waals surface area (Å²) < 4.78 is 32.2. The van der Waals surface area contributed by atoms with Gasteiger partial charge in [-0.2, -0.15) is 0 Å². The molecule has 0 spiro atoms. The molecule has 0 atom stereocenters. The lowest BCUT2D eigenvalue weighted by molar-refractivity contribution is 0.266. The molecular weight excluding hydrogens is 294 g/mol. The molecule has 0 fully saturated rings. The van der Waals surface area contributed by atoms with Gasteiger partial charge in [-0.15, -0.1) is 0 Å². The zero-order valence-corrected chi connectivity index (χ0v) is 12.4. The fourth-order valence-corrected chi connectivity index (χ4v) is 2.84. The van der Waals surface area contributed by atoms with Crippen molar-refractivity contribution in [3.63, 3.8) is 0 Å². The van der Waals surface area contributed by atoms with Gasteiger partial charge in [0, 0.05) is 17.5 Å². The lowest BCUT2D eigenvalue weighted by Crippen LogP contribution is -2.23. The van der Waals surface area contributed by atoms with Crippen LogP contribution in [0.2, 0.25) is 0 Å². The maximum Gasteiger partial charge on any atom is 0.240 e. The van der Waals surface area contributed by atoms with E-state index in [1.165, 1.54) is 18.5 Å². The van der Waals surface area contributed by atoms with Crippen LogP contribution in [0.3, 0.4) is 0 Å². The zero-order valence-electron chi connectivity index (χ0n) is 11.5. The van der Waals surface area contributed by atoms with Crippen molar-refractivity contribution in [3.05, 3.63) is 42.0 Å². The van der Waals surface area contributed by atoms with Crippen LogP contribution >= 0.6 is 0 Å². The Morgan fingerprint density at radius 2 is 2.24 bits per heavy atom. The number of benzene rings is 1. The first-order valence-corrected chi connectivity index (χ1v) is 7.88. The predicted octanol–water partition coefficient (Wildman–Crippen LogP) is 0.779. The maximum atomic E-state index is 12.2. The van der Waals surface area contributed by atoms with Gasteiger partial charge in [0.1, 0.15) is 5.75 Å². The van der Waals surface area contributed by atoms with Crippen LogP contribution < -0.4 is 9.46 Å². The Balaban J connectivity index is 2.19. The highest BCUT2D eigenvalue weighted by Gasteiger charge is 2.16. The molecule has 0 saturated carbocycles. The molecule has 7 nitrogen and oxygen atoms in total. The van der Waals surface area contributed by atoms with Crippen LogP contribution in [0.1, 0.15) is 18.2 Å². The minimum atomic E-state index is -3.67. The second-order valence-electron chi connectivity index (χ2n) is 4.26. The number of nitrogens with one attached hydrogen (secondary N) is 2. The summed E-state index contributed by atoms with van der Waals surface area (Å²) in [5.74, 6) is 0.479. The molecule has 0 unspecified atom stereocenters. The Hall–Kier alpha value is -1.90. The summed E-state index contributed by atoms with van der Waals surface area (Å²) in [4.78, 5) is 6.70. The molecule has 0 bridgehead atoms. The fraction of sp³-hybridized carbons (Fsp3) is 0.308. The Labute approximate surface area is 123 Å². The number of aliphatic hydroxyl groups is 1. The van der Waals surface area contributed by atoms with E-state index in [2.05, 4.69) is 14.7 Å². The Bertz CT molecular complexity index is 683. The van der Waals surface area contributed by atoms with E-state index in [-0.39, 0.29) is 18.0 Å². The monoisotopic (exact) mass is 311 g/mol. The molecular formula is C13H17N3O4S. The average molecular weight is 311 g/mol. The van der Waals surface area contributed by atoms with Crippen LogP contribution in [0.5, 0.6) is 5.75 Å². The first kappa shape index (κ1) is 15.5. The third-order valence-corrected chi connectivity index (χ3v) is 4.22. The van der Waals surface area contributed by atoms with Crippen LogP contribution in [0.25, 0.3) is 0 Å². The van der Waals surface area contributed by atoms with Gasteiger partial charge in [0.2, 0.25) is 10.0 Å². The zero-order chi connectivity index (χ0) is 15.3. The van der Waals surface area contributed by atoms with Gasteiger partial charge in [-0.05, 0) is 25.1 Å². The first-order chi connectivity index (χ1) is 10.1. The number of aliphatic hydroxyl groups excluding tert-OH is 1. The van der Waals surface area contributed by atoms with Gasteiger partial charge < -0.3 is 14.8 Å². The number of imidazole rings is 1. The molecule has 2 rings (SSSR count). The second-order valence-corrected chi connectivity index (χ2v) is 6.03. The van der Waals surface area contributed by atoms with Crippen molar-refractivity contribution in [1.29, 1.82) is 0 Å². The lowest BCUT2D eigenvalue weighted by atomic mass is 10.2. The lowest BCUT2D eigenvalue weighted by Gasteiger charge is -2.11. The quantitative estimate of drug-likeness (QED) is 0.701. The number of ether oxygens (including phenoxy) is 1. The fourth-order valence-electron chi connectivity index (χ4n) is 1.78. The highest BCUT2D eigenvalue weighted by Crippen LogP contribution is 2.22. The van der Waals surface area contributed by atoms with Gasteiger partial charge in [0.15, 0.2) is 0 Å². The minimum Gasteiger partial charge on any atom is -0.494 e. The average Bonchev–Trinajstić information content (AvgIpc) is 2.99. The van der Waals surface area contributed by atoms with E-state index in [0.717, 1.165) is 0 Å². The van der Waals surface area contributed by atoms with Crippen LogP contribution in [-0.4, -0.2) is 30.1 Å². The summed E-state index contributed by atoms with van der Waals surface area (Å²) >= 11 is 0. The van der Waals surface area contributed by atoms with Crippen molar-refractivity contribution >= 4 is 10.0 Å². The predicted molar refractivity (Wildman–Crippen MR) is 76.1 cm³/mol. The first-order valence-electron chi connectivity index (χ1n) is 6.40. The van der Waals surface area contributed by atoms with E-state index in [9.17, 15) is 13.5 Å². The van der Waals surface area contributed by atoms with Gasteiger partial charge in [0.05, 0.1) is 31.0 Å². The molecule has 114 valence electrons. The molecule has 21 heavy (non-hydrogen) atoms. The van der Waals surface area contributed by atoms with E-state index in [1.54, 1.807) is 12.3 Å². The van der Waals surface area contributed by atoms with Gasteiger partial charge in [-0.1, -0.05) is 0 Å². The smallest absolute Gasteiger partial charge is 0.240 e. The summed E-state index contributed by atoms with van der Waals surface area (Å²) in [6.07, 6.45) is 3.02. The molecule has 0 saturated heterocycles. The highest BCUT2D eigenvalue weighted by molar-refractivity contribution is 7.89. The number of hydrogen-bond acceptors (Lipinski definition) is 5. The SMILES string of the molecule is CCOc1ccc(S(=O)(=O)NCc2cnc[nH]2)cc1CO. The number of aromatic nitrogens is 2. The van der Waals surface area contributed by atoms with Gasteiger partial charge >= 0.3 is 0 Å². The molecule has 3 N–H and O–H groups in total. The number of aromatic amines is 1. The van der Waals surface area contributed by atoms with Crippen molar-refractivity contribution in [3.8, 4) is 5.75 Å². The third kappa shape index (κ3) is 3.81.